The van der Waals surface area contributed by atoms with Crippen molar-refractivity contribution < 1.29 is 4.74 Å². The molecule has 19 heavy (non-hydrogen) atoms. The monoisotopic (exact) mass is 315 g/mol. The quantitative estimate of drug-likeness (QED) is 0.736. The van der Waals surface area contributed by atoms with Gasteiger partial charge >= 0.3 is 0 Å². The average Bonchev–Trinajstić information content (AvgIpc) is 2.83. The Bertz CT molecular complexity index is 700. The third-order valence-corrected chi connectivity index (χ3v) is 3.66. The highest BCUT2D eigenvalue weighted by atomic mass is 79.9. The molecule has 2 nitrogen and oxygen atoms in total. The minimum absolute atomic E-state index is 0.551. The molecule has 0 unspecified atom stereocenters. The molecule has 3 heteroatoms. The average molecular weight is 316 g/mol. The zero-order chi connectivity index (χ0) is 13.2. The zero-order valence-electron chi connectivity index (χ0n) is 10.6. The summed E-state index contributed by atoms with van der Waals surface area (Å²) in [5.41, 5.74) is 3.54. The van der Waals surface area contributed by atoms with E-state index < -0.39 is 0 Å². The summed E-state index contributed by atoms with van der Waals surface area (Å²) in [5, 5.41) is 1.23. The van der Waals surface area contributed by atoms with Crippen LogP contribution in [0, 0.1) is 6.92 Å². The molecule has 0 amide bonds. The number of aromatic nitrogens is 1. The number of aromatic amines is 1. The smallest absolute Gasteiger partial charge is 0.128 e. The lowest BCUT2D eigenvalue weighted by molar-refractivity contribution is 0.302. The van der Waals surface area contributed by atoms with Crippen molar-refractivity contribution in [2.75, 3.05) is 0 Å². The van der Waals surface area contributed by atoms with Crippen molar-refractivity contribution in [3.05, 3.63) is 64.3 Å². The molecule has 0 atom stereocenters. The zero-order valence-corrected chi connectivity index (χ0v) is 12.2. The van der Waals surface area contributed by atoms with Crippen LogP contribution in [0.1, 0.15) is 11.3 Å². The summed E-state index contributed by atoms with van der Waals surface area (Å²) in [6.45, 7) is 2.66. The van der Waals surface area contributed by atoms with E-state index in [1.165, 1.54) is 16.5 Å². The molecular weight excluding hydrogens is 302 g/mol. The van der Waals surface area contributed by atoms with E-state index in [0.717, 1.165) is 15.9 Å². The van der Waals surface area contributed by atoms with Crippen LogP contribution in [0.15, 0.2) is 53.0 Å². The number of benzene rings is 2. The second kappa shape index (κ2) is 5.10. The summed E-state index contributed by atoms with van der Waals surface area (Å²) in [7, 11) is 0. The van der Waals surface area contributed by atoms with Gasteiger partial charge in [0, 0.05) is 15.4 Å². The van der Waals surface area contributed by atoms with Crippen LogP contribution in [-0.4, -0.2) is 4.98 Å². The first kappa shape index (κ1) is 12.3. The highest BCUT2D eigenvalue weighted by Crippen LogP contribution is 2.21. The number of hydrogen-bond donors (Lipinski definition) is 1. The van der Waals surface area contributed by atoms with E-state index in [9.17, 15) is 0 Å². The fraction of sp³-hybridized carbons (Fsp3) is 0.125. The van der Waals surface area contributed by atoms with Gasteiger partial charge in [-0.1, -0.05) is 34.1 Å². The number of nitrogens with one attached hydrogen (secondary N) is 1. The van der Waals surface area contributed by atoms with Gasteiger partial charge in [-0.3, -0.25) is 0 Å². The Labute approximate surface area is 120 Å². The third kappa shape index (κ3) is 2.66. The van der Waals surface area contributed by atoms with Gasteiger partial charge in [0.05, 0.1) is 5.69 Å². The molecule has 96 valence electrons. The molecule has 0 fully saturated rings. The van der Waals surface area contributed by atoms with Crippen molar-refractivity contribution in [1.82, 2.24) is 4.98 Å². The number of para-hydroxylation sites is 1. The number of ether oxygens (including phenoxy) is 1. The van der Waals surface area contributed by atoms with E-state index in [1.54, 1.807) is 0 Å². The maximum atomic E-state index is 5.76. The van der Waals surface area contributed by atoms with Gasteiger partial charge in [0.2, 0.25) is 0 Å². The maximum absolute atomic E-state index is 5.76. The van der Waals surface area contributed by atoms with E-state index in [4.69, 9.17) is 4.74 Å². The number of fused-ring (bicyclic) bond motifs is 1. The minimum atomic E-state index is 0.551. The lowest BCUT2D eigenvalue weighted by atomic mass is 10.2. The fourth-order valence-electron chi connectivity index (χ4n) is 2.14. The number of halogens is 1. The Balaban J connectivity index is 1.78. The van der Waals surface area contributed by atoms with Crippen LogP contribution >= 0.6 is 15.9 Å². The molecule has 1 N–H and O–H groups in total. The van der Waals surface area contributed by atoms with Gasteiger partial charge in [-0.05, 0) is 42.8 Å². The van der Waals surface area contributed by atoms with Crippen LogP contribution in [0.25, 0.3) is 10.9 Å². The maximum Gasteiger partial charge on any atom is 0.128 e. The molecular formula is C16H14BrNO. The van der Waals surface area contributed by atoms with Crippen molar-refractivity contribution in [3.63, 3.8) is 0 Å². The van der Waals surface area contributed by atoms with E-state index in [1.807, 2.05) is 24.3 Å². The highest BCUT2D eigenvalue weighted by molar-refractivity contribution is 9.10. The van der Waals surface area contributed by atoms with Crippen LogP contribution in [0.4, 0.5) is 0 Å². The molecule has 0 spiro atoms. The minimum Gasteiger partial charge on any atom is -0.487 e. The Morgan fingerprint density at radius 3 is 2.63 bits per heavy atom. The molecule has 0 bridgehead atoms. The molecule has 2 aromatic carbocycles. The molecule has 0 aliphatic carbocycles. The highest BCUT2D eigenvalue weighted by Gasteiger charge is 2.03. The van der Waals surface area contributed by atoms with Crippen molar-refractivity contribution in [1.29, 1.82) is 0 Å². The first-order valence-corrected chi connectivity index (χ1v) is 6.97. The molecule has 1 aromatic heterocycles. The van der Waals surface area contributed by atoms with E-state index in [-0.39, 0.29) is 0 Å². The SMILES string of the molecule is Cc1cccc2cc(COc3ccc(Br)cc3)[nH]c12. The molecule has 3 rings (SSSR count). The topological polar surface area (TPSA) is 25.0 Å². The molecule has 0 aliphatic heterocycles. The third-order valence-electron chi connectivity index (χ3n) is 3.13. The summed E-state index contributed by atoms with van der Waals surface area (Å²) in [4.78, 5) is 3.41. The van der Waals surface area contributed by atoms with Crippen LogP contribution < -0.4 is 4.74 Å². The molecule has 0 saturated carbocycles. The lowest BCUT2D eigenvalue weighted by Gasteiger charge is -2.04. The number of rotatable bonds is 3. The summed E-state index contributed by atoms with van der Waals surface area (Å²) in [5.74, 6) is 0.874. The van der Waals surface area contributed by atoms with Gasteiger partial charge in [0.15, 0.2) is 0 Å². The standard InChI is InChI=1S/C16H14BrNO/c1-11-3-2-4-12-9-14(18-16(11)12)10-19-15-7-5-13(17)6-8-15/h2-9,18H,10H2,1H3. The molecule has 0 radical (unpaired) electrons. The van der Waals surface area contributed by atoms with E-state index >= 15 is 0 Å². The number of hydrogen-bond acceptors (Lipinski definition) is 1. The number of aryl methyl sites for hydroxylation is 1. The Morgan fingerprint density at radius 2 is 1.89 bits per heavy atom. The Hall–Kier alpha value is -1.74. The summed E-state index contributed by atoms with van der Waals surface area (Å²) < 4.78 is 6.82. The Morgan fingerprint density at radius 1 is 1.11 bits per heavy atom. The largest absolute Gasteiger partial charge is 0.487 e. The summed E-state index contributed by atoms with van der Waals surface area (Å²) in [6, 6.07) is 16.3. The normalized spacial score (nSPS) is 10.8. The van der Waals surface area contributed by atoms with Gasteiger partial charge in [-0.2, -0.15) is 0 Å². The second-order valence-corrected chi connectivity index (χ2v) is 5.49. The Kier molecular flexibility index (Phi) is 3.30. The molecule has 0 aliphatic rings. The van der Waals surface area contributed by atoms with Gasteiger partial charge in [0.25, 0.3) is 0 Å². The van der Waals surface area contributed by atoms with Crippen molar-refractivity contribution in [3.8, 4) is 5.75 Å². The summed E-state index contributed by atoms with van der Waals surface area (Å²) in [6.07, 6.45) is 0. The fourth-order valence-corrected chi connectivity index (χ4v) is 2.40. The van der Waals surface area contributed by atoms with Gasteiger partial charge in [-0.15, -0.1) is 0 Å². The van der Waals surface area contributed by atoms with E-state index in [2.05, 4.69) is 52.1 Å². The molecule has 3 aromatic rings. The predicted molar refractivity (Wildman–Crippen MR) is 81.5 cm³/mol. The van der Waals surface area contributed by atoms with E-state index in [0.29, 0.717) is 6.61 Å². The van der Waals surface area contributed by atoms with Crippen molar-refractivity contribution in [2.24, 2.45) is 0 Å². The predicted octanol–water partition coefficient (Wildman–Crippen LogP) is 4.82. The number of H-pyrrole nitrogens is 1. The first-order valence-electron chi connectivity index (χ1n) is 6.18. The van der Waals surface area contributed by atoms with Crippen LogP contribution in [0.2, 0.25) is 0 Å². The van der Waals surface area contributed by atoms with Gasteiger partial charge < -0.3 is 9.72 Å². The van der Waals surface area contributed by atoms with Crippen LogP contribution in [0.3, 0.4) is 0 Å². The second-order valence-electron chi connectivity index (χ2n) is 4.58. The van der Waals surface area contributed by atoms with Crippen molar-refractivity contribution >= 4 is 26.8 Å². The van der Waals surface area contributed by atoms with Crippen LogP contribution in [-0.2, 0) is 6.61 Å². The first-order chi connectivity index (χ1) is 9.22. The van der Waals surface area contributed by atoms with Gasteiger partial charge in [-0.25, -0.2) is 0 Å². The van der Waals surface area contributed by atoms with Crippen LogP contribution in [0.5, 0.6) is 5.75 Å². The summed E-state index contributed by atoms with van der Waals surface area (Å²) >= 11 is 3.41. The molecule has 1 heterocycles. The lowest BCUT2D eigenvalue weighted by Crippen LogP contribution is -1.95. The van der Waals surface area contributed by atoms with Crippen molar-refractivity contribution in [2.45, 2.75) is 13.5 Å². The molecule has 0 saturated heterocycles. The van der Waals surface area contributed by atoms with Gasteiger partial charge in [0.1, 0.15) is 12.4 Å².